The molecule has 0 aromatic heterocycles. The SMILES string of the molecule is CCC/C=C\C/C=C\CCCCCCCC(=O)OCCCCC/C=C\C=C/CCCCCCCCCCCCC(=O)NC(CO)C(O)/C=C/CCCCCCCCCC. The molecule has 0 spiro atoms. The van der Waals surface area contributed by atoms with E-state index in [1.807, 2.05) is 6.08 Å². The van der Waals surface area contributed by atoms with E-state index in [2.05, 4.69) is 67.8 Å². The Balaban J connectivity index is 3.52. The van der Waals surface area contributed by atoms with Crippen molar-refractivity contribution >= 4 is 11.9 Å². The molecular weight excluding hydrogens is 731 g/mol. The molecule has 0 radical (unpaired) electrons. The maximum absolute atomic E-state index is 12.4. The summed E-state index contributed by atoms with van der Waals surface area (Å²) >= 11 is 0. The molecule has 0 aromatic carbocycles. The van der Waals surface area contributed by atoms with Crippen LogP contribution in [0.4, 0.5) is 0 Å². The first-order chi connectivity index (χ1) is 29.0. The molecule has 0 saturated heterocycles. The van der Waals surface area contributed by atoms with E-state index in [1.165, 1.54) is 122 Å². The largest absolute Gasteiger partial charge is 0.466 e. The molecule has 0 rings (SSSR count). The lowest BCUT2D eigenvalue weighted by Gasteiger charge is -2.20. The number of allylic oxidation sites excluding steroid dienone is 9. The summed E-state index contributed by atoms with van der Waals surface area (Å²) in [6.45, 7) is 4.75. The van der Waals surface area contributed by atoms with Gasteiger partial charge in [-0.1, -0.05) is 197 Å². The Bertz CT molecular complexity index is 1050. The number of rotatable bonds is 45. The third kappa shape index (κ3) is 44.9. The predicted octanol–water partition coefficient (Wildman–Crippen LogP) is 14.8. The zero-order valence-corrected chi connectivity index (χ0v) is 38.7. The van der Waals surface area contributed by atoms with Crippen molar-refractivity contribution in [2.75, 3.05) is 13.2 Å². The van der Waals surface area contributed by atoms with Crippen molar-refractivity contribution in [1.29, 1.82) is 0 Å². The van der Waals surface area contributed by atoms with Crippen LogP contribution in [0.1, 0.15) is 239 Å². The van der Waals surface area contributed by atoms with Crippen LogP contribution in [-0.2, 0) is 14.3 Å². The van der Waals surface area contributed by atoms with Gasteiger partial charge in [-0.15, -0.1) is 0 Å². The molecule has 2 atom stereocenters. The first kappa shape index (κ1) is 56.6. The lowest BCUT2D eigenvalue weighted by molar-refractivity contribution is -0.143. The molecule has 0 saturated carbocycles. The molecule has 0 aliphatic rings. The van der Waals surface area contributed by atoms with Crippen LogP contribution in [-0.4, -0.2) is 47.4 Å². The molecule has 0 aliphatic carbocycles. The molecule has 0 aromatic rings. The second-order valence-corrected chi connectivity index (χ2v) is 16.8. The van der Waals surface area contributed by atoms with Crippen molar-refractivity contribution in [3.05, 3.63) is 60.8 Å². The molecule has 342 valence electrons. The Morgan fingerprint density at radius 3 is 1.46 bits per heavy atom. The Morgan fingerprint density at radius 2 is 0.932 bits per heavy atom. The van der Waals surface area contributed by atoms with Gasteiger partial charge < -0.3 is 20.3 Å². The number of aliphatic hydroxyl groups excluding tert-OH is 2. The first-order valence-corrected chi connectivity index (χ1v) is 25.1. The topological polar surface area (TPSA) is 95.9 Å². The second kappa shape index (κ2) is 48.2. The van der Waals surface area contributed by atoms with Crippen molar-refractivity contribution in [2.45, 2.75) is 251 Å². The van der Waals surface area contributed by atoms with E-state index in [9.17, 15) is 19.8 Å². The maximum atomic E-state index is 12.4. The number of nitrogens with one attached hydrogen (secondary N) is 1. The minimum absolute atomic E-state index is 0.0310. The van der Waals surface area contributed by atoms with Gasteiger partial charge in [0.05, 0.1) is 25.4 Å². The smallest absolute Gasteiger partial charge is 0.305 e. The van der Waals surface area contributed by atoms with Gasteiger partial charge in [0.1, 0.15) is 0 Å². The van der Waals surface area contributed by atoms with Crippen molar-refractivity contribution < 1.29 is 24.5 Å². The number of carbonyl (C=O) groups excluding carboxylic acids is 2. The van der Waals surface area contributed by atoms with Crippen LogP contribution in [0.15, 0.2) is 60.8 Å². The minimum Gasteiger partial charge on any atom is -0.466 e. The van der Waals surface area contributed by atoms with Crippen LogP contribution in [0.5, 0.6) is 0 Å². The van der Waals surface area contributed by atoms with E-state index in [4.69, 9.17) is 4.74 Å². The highest BCUT2D eigenvalue weighted by Gasteiger charge is 2.18. The van der Waals surface area contributed by atoms with E-state index >= 15 is 0 Å². The molecular formula is C53H95NO5. The van der Waals surface area contributed by atoms with Gasteiger partial charge in [0, 0.05) is 12.8 Å². The average Bonchev–Trinajstić information content (AvgIpc) is 3.24. The number of amides is 1. The second-order valence-electron chi connectivity index (χ2n) is 16.8. The fourth-order valence-corrected chi connectivity index (χ4v) is 7.13. The summed E-state index contributed by atoms with van der Waals surface area (Å²) in [7, 11) is 0. The van der Waals surface area contributed by atoms with Gasteiger partial charge in [-0.3, -0.25) is 9.59 Å². The highest BCUT2D eigenvalue weighted by molar-refractivity contribution is 5.76. The Hall–Kier alpha value is -2.44. The van der Waals surface area contributed by atoms with Gasteiger partial charge >= 0.3 is 5.97 Å². The Kier molecular flexibility index (Phi) is 46.2. The highest BCUT2D eigenvalue weighted by Crippen LogP contribution is 2.14. The number of unbranched alkanes of at least 4 members (excludes halogenated alkanes) is 27. The number of hydrogen-bond donors (Lipinski definition) is 3. The van der Waals surface area contributed by atoms with Gasteiger partial charge in [0.2, 0.25) is 5.91 Å². The molecule has 59 heavy (non-hydrogen) atoms. The molecule has 3 N–H and O–H groups in total. The summed E-state index contributed by atoms with van der Waals surface area (Å²) in [6, 6.07) is -0.635. The first-order valence-electron chi connectivity index (χ1n) is 25.1. The summed E-state index contributed by atoms with van der Waals surface area (Å²) < 4.78 is 5.42. The zero-order chi connectivity index (χ0) is 43.0. The lowest BCUT2D eigenvalue weighted by atomic mass is 10.0. The fraction of sp³-hybridized carbons (Fsp3) is 0.774. The highest BCUT2D eigenvalue weighted by atomic mass is 16.5. The molecule has 6 heteroatoms. The molecule has 0 heterocycles. The third-order valence-corrected chi connectivity index (χ3v) is 11.0. The Labute approximate surface area is 365 Å². The maximum Gasteiger partial charge on any atom is 0.305 e. The summed E-state index contributed by atoms with van der Waals surface area (Å²) in [5, 5.41) is 22.9. The average molecular weight is 826 g/mol. The van der Waals surface area contributed by atoms with Crippen LogP contribution < -0.4 is 5.32 Å². The van der Waals surface area contributed by atoms with Crippen LogP contribution in [0.2, 0.25) is 0 Å². The molecule has 6 nitrogen and oxygen atoms in total. The van der Waals surface area contributed by atoms with Crippen molar-refractivity contribution in [1.82, 2.24) is 5.32 Å². The minimum atomic E-state index is -0.850. The fourth-order valence-electron chi connectivity index (χ4n) is 7.13. The van der Waals surface area contributed by atoms with Crippen LogP contribution >= 0.6 is 0 Å². The van der Waals surface area contributed by atoms with E-state index < -0.39 is 12.1 Å². The monoisotopic (exact) mass is 826 g/mol. The van der Waals surface area contributed by atoms with E-state index in [0.29, 0.717) is 19.4 Å². The predicted molar refractivity (Wildman–Crippen MR) is 255 cm³/mol. The van der Waals surface area contributed by atoms with Gasteiger partial charge in [0.15, 0.2) is 0 Å². The lowest BCUT2D eigenvalue weighted by Crippen LogP contribution is -2.45. The van der Waals surface area contributed by atoms with Gasteiger partial charge in [-0.2, -0.15) is 0 Å². The van der Waals surface area contributed by atoms with E-state index in [0.717, 1.165) is 89.9 Å². The van der Waals surface area contributed by atoms with Gasteiger partial charge in [0.25, 0.3) is 0 Å². The third-order valence-electron chi connectivity index (χ3n) is 11.0. The standard InChI is InChI=1S/C53H95NO5/c1-3-5-7-9-11-13-15-23-27-31-35-39-43-47-53(58)59-48-44-40-36-32-28-25-22-20-18-16-17-19-21-24-26-30-34-38-42-46-52(57)54-50(49-55)51(56)45-41-37-33-29-14-12-10-8-6-4-2/h7,9,13,15,20,22,25,28,41,45,50-51,55-56H,3-6,8,10-12,14,16-19,21,23-24,26-27,29-40,42-44,46-49H2,1-2H3,(H,54,57)/b9-7-,15-13-,22-20-,28-25-,45-41+. The summed E-state index contributed by atoms with van der Waals surface area (Å²) in [6.07, 6.45) is 60.8. The number of aliphatic hydroxyl groups is 2. The molecule has 2 unspecified atom stereocenters. The van der Waals surface area contributed by atoms with Crippen molar-refractivity contribution in [2.24, 2.45) is 0 Å². The number of esters is 1. The molecule has 1 amide bonds. The van der Waals surface area contributed by atoms with E-state index in [1.54, 1.807) is 6.08 Å². The van der Waals surface area contributed by atoms with Crippen LogP contribution in [0, 0.1) is 0 Å². The summed E-state index contributed by atoms with van der Waals surface area (Å²) in [5.41, 5.74) is 0. The summed E-state index contributed by atoms with van der Waals surface area (Å²) in [4.78, 5) is 24.3. The van der Waals surface area contributed by atoms with E-state index in [-0.39, 0.29) is 18.5 Å². The Morgan fingerprint density at radius 1 is 0.492 bits per heavy atom. The quantitative estimate of drug-likeness (QED) is 0.0246. The summed E-state index contributed by atoms with van der Waals surface area (Å²) in [5.74, 6) is -0.113. The number of hydrogen-bond acceptors (Lipinski definition) is 5. The number of carbonyl (C=O) groups is 2. The molecule has 0 aliphatic heterocycles. The van der Waals surface area contributed by atoms with Crippen LogP contribution in [0.25, 0.3) is 0 Å². The van der Waals surface area contributed by atoms with Gasteiger partial charge in [-0.25, -0.2) is 0 Å². The number of ether oxygens (including phenoxy) is 1. The zero-order valence-electron chi connectivity index (χ0n) is 38.7. The normalized spacial score (nSPS) is 13.2. The van der Waals surface area contributed by atoms with Gasteiger partial charge in [-0.05, 0) is 89.9 Å². The van der Waals surface area contributed by atoms with Crippen molar-refractivity contribution in [3.63, 3.8) is 0 Å². The van der Waals surface area contributed by atoms with Crippen molar-refractivity contribution in [3.8, 4) is 0 Å². The molecule has 0 bridgehead atoms. The molecule has 0 fully saturated rings. The van der Waals surface area contributed by atoms with Crippen LogP contribution in [0.3, 0.4) is 0 Å².